The van der Waals surface area contributed by atoms with E-state index >= 15 is 0 Å². The van der Waals surface area contributed by atoms with Crippen LogP contribution in [-0.4, -0.2) is 0 Å². The van der Waals surface area contributed by atoms with Gasteiger partial charge in [-0.2, -0.15) is 0 Å². The summed E-state index contributed by atoms with van der Waals surface area (Å²) >= 11 is 5.84. The normalized spacial score (nSPS) is 11.5. The van der Waals surface area contributed by atoms with E-state index < -0.39 is 0 Å². The first-order valence-corrected chi connectivity index (χ1v) is 4.46. The second-order valence-electron chi connectivity index (χ2n) is 2.83. The summed E-state index contributed by atoms with van der Waals surface area (Å²) in [7, 11) is 0. The molecule has 0 spiro atoms. The van der Waals surface area contributed by atoms with Gasteiger partial charge < -0.3 is 11.1 Å². The van der Waals surface area contributed by atoms with Crippen molar-refractivity contribution in [1.29, 1.82) is 0 Å². The van der Waals surface area contributed by atoms with Crippen LogP contribution >= 0.6 is 11.6 Å². The van der Waals surface area contributed by atoms with Crippen LogP contribution in [0.2, 0.25) is 5.02 Å². The van der Waals surface area contributed by atoms with E-state index in [0.717, 1.165) is 11.3 Å². The van der Waals surface area contributed by atoms with Crippen LogP contribution < -0.4 is 11.1 Å². The maximum atomic E-state index is 5.84. The van der Waals surface area contributed by atoms with Crippen molar-refractivity contribution < 1.29 is 0 Å². The average molecular weight is 197 g/mol. The number of nitrogens with one attached hydrogen (secondary N) is 1. The van der Waals surface area contributed by atoms with Gasteiger partial charge in [0.05, 0.1) is 5.82 Å². The minimum Gasteiger partial charge on any atom is -0.386 e. The summed E-state index contributed by atoms with van der Waals surface area (Å²) in [6.07, 6.45) is 1.81. The predicted octanol–water partition coefficient (Wildman–Crippen LogP) is 2.88. The van der Waals surface area contributed by atoms with Crippen LogP contribution in [0.25, 0.3) is 0 Å². The molecule has 0 amide bonds. The van der Waals surface area contributed by atoms with Crippen LogP contribution in [-0.2, 0) is 0 Å². The van der Waals surface area contributed by atoms with E-state index in [1.165, 1.54) is 0 Å². The van der Waals surface area contributed by atoms with Crippen LogP contribution in [0.4, 0.5) is 5.69 Å². The number of rotatable bonds is 2. The molecule has 0 aliphatic rings. The molecule has 0 bridgehead atoms. The molecule has 0 heterocycles. The van der Waals surface area contributed by atoms with E-state index in [9.17, 15) is 0 Å². The van der Waals surface area contributed by atoms with Gasteiger partial charge in [-0.15, -0.1) is 0 Å². The van der Waals surface area contributed by atoms with Gasteiger partial charge in [-0.05, 0) is 37.6 Å². The third-order valence-electron chi connectivity index (χ3n) is 1.79. The Labute approximate surface area is 83.4 Å². The maximum Gasteiger partial charge on any atom is 0.0960 e. The Morgan fingerprint density at radius 1 is 1.54 bits per heavy atom. The standard InChI is InChI=1S/C10H13ClN2/c1-3-10(12)13-9-6-8(11)5-4-7(9)2/h3-6,13H,12H2,1-2H3/b10-3-. The molecule has 2 nitrogen and oxygen atoms in total. The van der Waals surface area contributed by atoms with E-state index in [1.807, 2.05) is 32.0 Å². The minimum atomic E-state index is 0.630. The van der Waals surface area contributed by atoms with Gasteiger partial charge in [0, 0.05) is 10.7 Å². The highest BCUT2D eigenvalue weighted by Crippen LogP contribution is 2.20. The molecule has 0 saturated carbocycles. The molecule has 0 aromatic heterocycles. The number of anilines is 1. The van der Waals surface area contributed by atoms with E-state index in [-0.39, 0.29) is 0 Å². The summed E-state index contributed by atoms with van der Waals surface area (Å²) < 4.78 is 0. The third-order valence-corrected chi connectivity index (χ3v) is 2.02. The second-order valence-corrected chi connectivity index (χ2v) is 3.26. The lowest BCUT2D eigenvalue weighted by Gasteiger charge is -2.09. The number of hydrogen-bond acceptors (Lipinski definition) is 2. The van der Waals surface area contributed by atoms with Crippen molar-refractivity contribution in [3.05, 3.63) is 40.7 Å². The largest absolute Gasteiger partial charge is 0.386 e. The molecule has 1 aromatic carbocycles. The van der Waals surface area contributed by atoms with Gasteiger partial charge in [0.15, 0.2) is 0 Å². The van der Waals surface area contributed by atoms with E-state index in [1.54, 1.807) is 6.08 Å². The summed E-state index contributed by atoms with van der Waals surface area (Å²) in [5.41, 5.74) is 7.70. The number of nitrogens with two attached hydrogens (primary N) is 1. The summed E-state index contributed by atoms with van der Waals surface area (Å²) in [5.74, 6) is 0.630. The van der Waals surface area contributed by atoms with Gasteiger partial charge in [0.25, 0.3) is 0 Å². The second kappa shape index (κ2) is 4.19. The van der Waals surface area contributed by atoms with Crippen LogP contribution in [0, 0.1) is 6.92 Å². The SMILES string of the molecule is C/C=C(/N)Nc1cc(Cl)ccc1C. The summed E-state index contributed by atoms with van der Waals surface area (Å²) in [6.45, 7) is 3.88. The lowest BCUT2D eigenvalue weighted by molar-refractivity contribution is 1.27. The highest BCUT2D eigenvalue weighted by molar-refractivity contribution is 6.30. The molecule has 1 aromatic rings. The third kappa shape index (κ3) is 2.67. The lowest BCUT2D eigenvalue weighted by atomic mass is 10.2. The molecule has 0 atom stereocenters. The van der Waals surface area contributed by atoms with Crippen molar-refractivity contribution in [2.45, 2.75) is 13.8 Å². The van der Waals surface area contributed by atoms with Crippen molar-refractivity contribution in [1.82, 2.24) is 0 Å². The van der Waals surface area contributed by atoms with E-state index in [4.69, 9.17) is 17.3 Å². The first-order chi connectivity index (χ1) is 6.13. The van der Waals surface area contributed by atoms with Crippen LogP contribution in [0.15, 0.2) is 30.1 Å². The van der Waals surface area contributed by atoms with Gasteiger partial charge in [0.1, 0.15) is 0 Å². The fourth-order valence-electron chi connectivity index (χ4n) is 0.957. The van der Waals surface area contributed by atoms with Crippen molar-refractivity contribution in [2.24, 2.45) is 5.73 Å². The first-order valence-electron chi connectivity index (χ1n) is 4.08. The Balaban J connectivity index is 2.94. The monoisotopic (exact) mass is 196 g/mol. The van der Waals surface area contributed by atoms with Crippen LogP contribution in [0.5, 0.6) is 0 Å². The Morgan fingerprint density at radius 3 is 2.85 bits per heavy atom. The van der Waals surface area contributed by atoms with Crippen molar-refractivity contribution >= 4 is 17.3 Å². The van der Waals surface area contributed by atoms with Gasteiger partial charge in [-0.3, -0.25) is 0 Å². The molecule has 3 heteroatoms. The van der Waals surface area contributed by atoms with E-state index in [0.29, 0.717) is 10.8 Å². The number of allylic oxidation sites excluding steroid dienone is 1. The summed E-state index contributed by atoms with van der Waals surface area (Å²) in [4.78, 5) is 0. The highest BCUT2D eigenvalue weighted by Gasteiger charge is 1.98. The quantitative estimate of drug-likeness (QED) is 0.764. The molecule has 0 aliphatic carbocycles. The molecule has 3 N–H and O–H groups in total. The fourth-order valence-corrected chi connectivity index (χ4v) is 1.13. The van der Waals surface area contributed by atoms with Gasteiger partial charge >= 0.3 is 0 Å². The smallest absolute Gasteiger partial charge is 0.0960 e. The molecule has 13 heavy (non-hydrogen) atoms. The average Bonchev–Trinajstić information content (AvgIpc) is 2.11. The number of hydrogen-bond donors (Lipinski definition) is 2. The Morgan fingerprint density at radius 2 is 2.23 bits per heavy atom. The highest BCUT2D eigenvalue weighted by atomic mass is 35.5. The zero-order chi connectivity index (χ0) is 9.84. The molecule has 1 rings (SSSR count). The molecule has 0 fully saturated rings. The minimum absolute atomic E-state index is 0.630. The predicted molar refractivity (Wildman–Crippen MR) is 57.8 cm³/mol. The van der Waals surface area contributed by atoms with Crippen molar-refractivity contribution in [3.63, 3.8) is 0 Å². The zero-order valence-corrected chi connectivity index (χ0v) is 8.52. The van der Waals surface area contributed by atoms with Crippen LogP contribution in [0.1, 0.15) is 12.5 Å². The molecular formula is C10H13ClN2. The Hall–Kier alpha value is -1.15. The molecule has 70 valence electrons. The maximum absolute atomic E-state index is 5.84. The molecule has 0 aliphatic heterocycles. The zero-order valence-electron chi connectivity index (χ0n) is 7.76. The van der Waals surface area contributed by atoms with Gasteiger partial charge in [-0.25, -0.2) is 0 Å². The summed E-state index contributed by atoms with van der Waals surface area (Å²) in [5, 5.41) is 3.76. The van der Waals surface area contributed by atoms with Crippen molar-refractivity contribution in [3.8, 4) is 0 Å². The van der Waals surface area contributed by atoms with Gasteiger partial charge in [-0.1, -0.05) is 17.7 Å². The first kappa shape index (κ1) is 9.93. The fraction of sp³-hybridized carbons (Fsp3) is 0.200. The number of aryl methyl sites for hydroxylation is 1. The van der Waals surface area contributed by atoms with Crippen LogP contribution in [0.3, 0.4) is 0 Å². The number of halogens is 1. The van der Waals surface area contributed by atoms with Crippen molar-refractivity contribution in [2.75, 3.05) is 5.32 Å². The Kier molecular flexibility index (Phi) is 3.20. The molecule has 0 unspecified atom stereocenters. The Bertz CT molecular complexity index is 332. The lowest BCUT2D eigenvalue weighted by Crippen LogP contribution is -2.09. The topological polar surface area (TPSA) is 38.0 Å². The van der Waals surface area contributed by atoms with Gasteiger partial charge in [0.2, 0.25) is 0 Å². The summed E-state index contributed by atoms with van der Waals surface area (Å²) in [6, 6.07) is 5.66. The molecule has 0 saturated heterocycles. The molecule has 0 radical (unpaired) electrons. The number of benzene rings is 1. The van der Waals surface area contributed by atoms with E-state index in [2.05, 4.69) is 5.32 Å². The molecular weight excluding hydrogens is 184 g/mol.